The molecule has 260 valence electrons. The fourth-order valence-electron chi connectivity index (χ4n) is 7.03. The monoisotopic (exact) mass is 648 g/mol. The number of nitrogens with two attached hydrogens (primary N) is 1. The third-order valence-corrected chi connectivity index (χ3v) is 9.72. The zero-order chi connectivity index (χ0) is 32.8. The molecule has 15 nitrogen and oxygen atoms in total. The Morgan fingerprint density at radius 3 is 2.22 bits per heavy atom. The van der Waals surface area contributed by atoms with Crippen LogP contribution >= 0.6 is 0 Å². The lowest BCUT2D eigenvalue weighted by Gasteiger charge is -2.48. The van der Waals surface area contributed by atoms with Crippen molar-refractivity contribution < 1.29 is 63.9 Å². The van der Waals surface area contributed by atoms with Crippen molar-refractivity contribution in [1.29, 1.82) is 0 Å². The zero-order valence-corrected chi connectivity index (χ0v) is 26.1. The van der Waals surface area contributed by atoms with Gasteiger partial charge in [-0.05, 0) is 38.0 Å². The van der Waals surface area contributed by atoms with Gasteiger partial charge in [0.25, 0.3) is 0 Å². The van der Waals surface area contributed by atoms with E-state index in [1.807, 2.05) is 6.92 Å². The van der Waals surface area contributed by atoms with Crippen LogP contribution in [0.2, 0.25) is 0 Å². The fourth-order valence-corrected chi connectivity index (χ4v) is 7.03. The summed E-state index contributed by atoms with van der Waals surface area (Å²) in [7, 11) is 0. The first-order valence-electron chi connectivity index (χ1n) is 16.3. The van der Waals surface area contributed by atoms with Gasteiger partial charge < -0.3 is 65.4 Å². The van der Waals surface area contributed by atoms with Crippen LogP contribution in [0.5, 0.6) is 0 Å². The molecule has 0 aromatic carbocycles. The average Bonchev–Trinajstić information content (AvgIpc) is 3.02. The molecule has 5 unspecified atom stereocenters. The van der Waals surface area contributed by atoms with Crippen LogP contribution in [-0.4, -0.2) is 135 Å². The Morgan fingerprint density at radius 2 is 1.58 bits per heavy atom. The summed E-state index contributed by atoms with van der Waals surface area (Å²) in [5.41, 5.74) is 5.59. The number of aliphatic hydroxyl groups excluding tert-OH is 5. The number of carbonyl (C=O) groups is 2. The minimum absolute atomic E-state index is 0.113. The van der Waals surface area contributed by atoms with E-state index in [1.54, 1.807) is 6.92 Å². The van der Waals surface area contributed by atoms with Gasteiger partial charge in [-0.25, -0.2) is 4.79 Å². The molecule has 1 amide bonds. The predicted molar refractivity (Wildman–Crippen MR) is 155 cm³/mol. The van der Waals surface area contributed by atoms with Crippen LogP contribution in [0.15, 0.2) is 0 Å². The van der Waals surface area contributed by atoms with Gasteiger partial charge in [0, 0.05) is 0 Å². The Bertz CT molecular complexity index is 955. The Morgan fingerprint density at radius 1 is 0.867 bits per heavy atom. The molecular formula is C30H52N2O13. The molecule has 2 saturated heterocycles. The molecule has 9 N–H and O–H groups in total. The Labute approximate surface area is 263 Å². The maximum absolute atomic E-state index is 12.6. The van der Waals surface area contributed by atoms with Crippen molar-refractivity contribution in [3.63, 3.8) is 0 Å². The first-order valence-corrected chi connectivity index (χ1v) is 16.3. The van der Waals surface area contributed by atoms with Gasteiger partial charge >= 0.3 is 5.97 Å². The summed E-state index contributed by atoms with van der Waals surface area (Å²) in [6.45, 7) is 2.43. The maximum atomic E-state index is 12.6. The first-order chi connectivity index (χ1) is 21.4. The van der Waals surface area contributed by atoms with Gasteiger partial charge in [0.05, 0.1) is 31.5 Å². The highest BCUT2D eigenvalue weighted by molar-refractivity contribution is 5.78. The number of carboxylic acids is 1. The van der Waals surface area contributed by atoms with E-state index < -0.39 is 105 Å². The second-order valence-electron chi connectivity index (χ2n) is 13.0. The van der Waals surface area contributed by atoms with E-state index in [-0.39, 0.29) is 18.3 Å². The summed E-state index contributed by atoms with van der Waals surface area (Å²) >= 11 is 0. The third-order valence-electron chi connectivity index (χ3n) is 9.72. The number of carboxylic acid groups (broad SMARTS) is 1. The van der Waals surface area contributed by atoms with E-state index in [1.165, 1.54) is 0 Å². The number of hydrogen-bond acceptors (Lipinski definition) is 13. The van der Waals surface area contributed by atoms with Crippen LogP contribution in [0, 0.1) is 11.8 Å². The number of carbonyl (C=O) groups excluding carboxylic acids is 1. The van der Waals surface area contributed by atoms with Crippen LogP contribution in [0.1, 0.15) is 71.6 Å². The van der Waals surface area contributed by atoms with E-state index in [0.717, 1.165) is 44.9 Å². The number of amides is 1. The smallest absolute Gasteiger partial charge is 0.332 e. The van der Waals surface area contributed by atoms with Crippen molar-refractivity contribution in [3.8, 4) is 0 Å². The molecule has 4 aliphatic rings. The average molecular weight is 649 g/mol. The zero-order valence-electron chi connectivity index (χ0n) is 26.1. The second-order valence-corrected chi connectivity index (χ2v) is 13.0. The van der Waals surface area contributed by atoms with E-state index in [0.29, 0.717) is 6.42 Å². The molecule has 0 spiro atoms. The largest absolute Gasteiger partial charge is 0.479 e. The molecule has 2 heterocycles. The van der Waals surface area contributed by atoms with Gasteiger partial charge in [0.15, 0.2) is 18.7 Å². The first kappa shape index (κ1) is 36.3. The molecule has 15 heteroatoms. The highest BCUT2D eigenvalue weighted by Gasteiger charge is 2.51. The van der Waals surface area contributed by atoms with Gasteiger partial charge in [-0.1, -0.05) is 45.4 Å². The second kappa shape index (κ2) is 16.6. The van der Waals surface area contributed by atoms with Crippen molar-refractivity contribution in [3.05, 3.63) is 0 Å². The Balaban J connectivity index is 1.57. The molecule has 4 rings (SSSR count). The summed E-state index contributed by atoms with van der Waals surface area (Å²) in [6.07, 6.45) is -7.48. The highest BCUT2D eigenvalue weighted by Crippen LogP contribution is 2.36. The van der Waals surface area contributed by atoms with Crippen molar-refractivity contribution in [2.45, 2.75) is 151 Å². The van der Waals surface area contributed by atoms with Crippen LogP contribution in [0.4, 0.5) is 0 Å². The molecule has 2 aliphatic heterocycles. The van der Waals surface area contributed by atoms with Crippen molar-refractivity contribution in [2.24, 2.45) is 17.6 Å². The van der Waals surface area contributed by atoms with Gasteiger partial charge in [0.2, 0.25) is 5.91 Å². The van der Waals surface area contributed by atoms with Crippen molar-refractivity contribution in [2.75, 3.05) is 13.2 Å². The van der Waals surface area contributed by atoms with Gasteiger partial charge in [-0.15, -0.1) is 0 Å². The number of aliphatic carboxylic acids is 1. The molecule has 0 radical (unpaired) electrons. The molecule has 4 fully saturated rings. The van der Waals surface area contributed by atoms with Crippen LogP contribution in [-0.2, 0) is 33.3 Å². The summed E-state index contributed by atoms with van der Waals surface area (Å²) < 4.78 is 30.3. The molecule has 0 aromatic heterocycles. The lowest BCUT2D eigenvalue weighted by molar-refractivity contribution is -0.336. The van der Waals surface area contributed by atoms with Gasteiger partial charge in [-0.3, -0.25) is 4.79 Å². The standard InChI is InChI=1S/C30H52N2O13/c1-14-7-6-10-17(26(14)45-30-25(38)24(37)22(35)15(2)41-30)43-29-21(32-20(34)12-31)27(23(36)19(13-33)44-29)42-18(28(39)40)11-16-8-4-3-5-9-16/h14-19,21-27,29-30,33,35-38H,3-13,31H2,1-2H3,(H,32,34)(H,39,40)/t14-,15?,17-,18+,19+,21?,22-,23+,24+,25?,26?,27?,29-,30+/m1/s1. The number of hydrogen-bond donors (Lipinski definition) is 8. The van der Waals surface area contributed by atoms with Gasteiger partial charge in [-0.2, -0.15) is 0 Å². The lowest BCUT2D eigenvalue weighted by atomic mass is 9.85. The van der Waals surface area contributed by atoms with E-state index in [4.69, 9.17) is 29.4 Å². The maximum Gasteiger partial charge on any atom is 0.332 e. The summed E-state index contributed by atoms with van der Waals surface area (Å²) in [6, 6.07) is -1.21. The number of ether oxygens (including phenoxy) is 5. The van der Waals surface area contributed by atoms with E-state index >= 15 is 0 Å². The predicted octanol–water partition coefficient (Wildman–Crippen LogP) is -1.27. The number of rotatable bonds is 12. The molecule has 14 atom stereocenters. The highest BCUT2D eigenvalue weighted by atomic mass is 16.7. The third kappa shape index (κ3) is 8.90. The summed E-state index contributed by atoms with van der Waals surface area (Å²) in [5.74, 6) is -1.80. The summed E-state index contributed by atoms with van der Waals surface area (Å²) in [4.78, 5) is 24.9. The minimum atomic E-state index is -1.53. The van der Waals surface area contributed by atoms with Gasteiger partial charge in [0.1, 0.15) is 42.7 Å². The molecule has 45 heavy (non-hydrogen) atoms. The SMILES string of the molecule is CC1O[C@@H](OC2[C@H](C)CCC[C@H]2O[C@@H]2O[C@@H](CO)[C@H](O)C(O[C@@H](CC3CCCCC3)C(=O)O)C2NC(=O)CN)C(O)[C@@H](O)[C@@H]1O. The molecule has 2 saturated carbocycles. The Kier molecular flexibility index (Phi) is 13.4. The fraction of sp³-hybridized carbons (Fsp3) is 0.933. The minimum Gasteiger partial charge on any atom is -0.479 e. The van der Waals surface area contributed by atoms with Crippen molar-refractivity contribution >= 4 is 11.9 Å². The molecule has 0 aromatic rings. The molecule has 2 aliphatic carbocycles. The van der Waals surface area contributed by atoms with Crippen LogP contribution in [0.3, 0.4) is 0 Å². The van der Waals surface area contributed by atoms with Crippen molar-refractivity contribution in [1.82, 2.24) is 5.32 Å². The number of nitrogens with one attached hydrogen (secondary N) is 1. The molecular weight excluding hydrogens is 596 g/mol. The van der Waals surface area contributed by atoms with E-state index in [9.17, 15) is 40.2 Å². The normalized spacial score (nSPS) is 42.2. The topological polar surface area (TPSA) is 240 Å². The van der Waals surface area contributed by atoms with Crippen LogP contribution in [0.25, 0.3) is 0 Å². The van der Waals surface area contributed by atoms with E-state index in [2.05, 4.69) is 5.32 Å². The molecule has 0 bridgehead atoms. The lowest BCUT2D eigenvalue weighted by Crippen LogP contribution is -2.67. The summed E-state index contributed by atoms with van der Waals surface area (Å²) in [5, 5.41) is 65.0. The van der Waals surface area contributed by atoms with Crippen LogP contribution < -0.4 is 11.1 Å². The quantitative estimate of drug-likeness (QED) is 0.123. The Hall–Kier alpha value is -1.50. The number of aliphatic hydroxyl groups is 5.